The van der Waals surface area contributed by atoms with Crippen LogP contribution in [0.2, 0.25) is 0 Å². The van der Waals surface area contributed by atoms with Crippen LogP contribution < -0.4 is 4.74 Å². The van der Waals surface area contributed by atoms with Crippen molar-refractivity contribution in [1.82, 2.24) is 15.0 Å². The fourth-order valence-corrected chi connectivity index (χ4v) is 3.41. The highest BCUT2D eigenvalue weighted by atomic mass is 16.5. The SMILES string of the molecule is COc1ccc(C(=O)N2CCCCC2c2nc(-c3ccccc3)no2)cc1. The number of hydrogen-bond acceptors (Lipinski definition) is 5. The number of methoxy groups -OCH3 is 1. The van der Waals surface area contributed by atoms with E-state index in [0.717, 1.165) is 30.6 Å². The predicted octanol–water partition coefficient (Wildman–Crippen LogP) is 4.11. The Morgan fingerprint density at radius 3 is 2.63 bits per heavy atom. The molecule has 6 nitrogen and oxygen atoms in total. The standard InChI is InChI=1S/C21H21N3O3/c1-26-17-12-10-16(11-13-17)21(25)24-14-6-5-9-18(24)20-22-19(23-27-20)15-7-3-2-4-8-15/h2-4,7-8,10-13,18H,5-6,9,14H2,1H3. The molecule has 1 aliphatic rings. The van der Waals surface area contributed by atoms with Gasteiger partial charge in [0.05, 0.1) is 7.11 Å². The Hall–Kier alpha value is -3.15. The van der Waals surface area contributed by atoms with Crippen LogP contribution in [0.25, 0.3) is 11.4 Å². The van der Waals surface area contributed by atoms with Gasteiger partial charge in [0, 0.05) is 17.7 Å². The number of aromatic nitrogens is 2. The van der Waals surface area contributed by atoms with Crippen molar-refractivity contribution in [3.05, 3.63) is 66.1 Å². The van der Waals surface area contributed by atoms with Crippen molar-refractivity contribution in [1.29, 1.82) is 0 Å². The Bertz CT molecular complexity index is 906. The first kappa shape index (κ1) is 17.3. The number of carbonyl (C=O) groups excluding carboxylic acids is 1. The molecule has 3 aromatic rings. The van der Waals surface area contributed by atoms with Gasteiger partial charge in [0.2, 0.25) is 11.7 Å². The Balaban J connectivity index is 1.59. The summed E-state index contributed by atoms with van der Waals surface area (Å²) in [6.07, 6.45) is 2.82. The van der Waals surface area contributed by atoms with Gasteiger partial charge in [-0.15, -0.1) is 0 Å². The number of rotatable bonds is 4. The Kier molecular flexibility index (Phi) is 4.87. The quantitative estimate of drug-likeness (QED) is 0.698. The molecule has 1 atom stereocenters. The molecule has 0 spiro atoms. The molecule has 138 valence electrons. The summed E-state index contributed by atoms with van der Waals surface area (Å²) in [6.45, 7) is 0.679. The summed E-state index contributed by atoms with van der Waals surface area (Å²) in [5, 5.41) is 4.11. The molecule has 27 heavy (non-hydrogen) atoms. The normalized spacial score (nSPS) is 16.9. The molecular formula is C21H21N3O3. The zero-order chi connectivity index (χ0) is 18.6. The highest BCUT2D eigenvalue weighted by Gasteiger charge is 2.32. The van der Waals surface area contributed by atoms with Crippen LogP contribution in [0.3, 0.4) is 0 Å². The van der Waals surface area contributed by atoms with E-state index >= 15 is 0 Å². The third kappa shape index (κ3) is 3.56. The predicted molar refractivity (Wildman–Crippen MR) is 100 cm³/mol. The maximum Gasteiger partial charge on any atom is 0.254 e. The van der Waals surface area contributed by atoms with Crippen LogP contribution in [-0.4, -0.2) is 34.6 Å². The first-order valence-electron chi connectivity index (χ1n) is 9.10. The molecule has 1 saturated heterocycles. The van der Waals surface area contributed by atoms with Gasteiger partial charge in [-0.05, 0) is 43.5 Å². The number of likely N-dealkylation sites (tertiary alicyclic amines) is 1. The number of carbonyl (C=O) groups is 1. The van der Waals surface area contributed by atoms with Crippen LogP contribution in [0.5, 0.6) is 5.75 Å². The smallest absolute Gasteiger partial charge is 0.254 e. The first-order chi connectivity index (χ1) is 13.3. The molecule has 2 aromatic carbocycles. The lowest BCUT2D eigenvalue weighted by atomic mass is 10.0. The van der Waals surface area contributed by atoms with Crippen molar-refractivity contribution in [2.75, 3.05) is 13.7 Å². The Morgan fingerprint density at radius 1 is 1.11 bits per heavy atom. The lowest BCUT2D eigenvalue weighted by Gasteiger charge is -2.33. The molecule has 0 N–H and O–H groups in total. The molecule has 0 bridgehead atoms. The molecule has 0 radical (unpaired) electrons. The monoisotopic (exact) mass is 363 g/mol. The second-order valence-electron chi connectivity index (χ2n) is 6.56. The summed E-state index contributed by atoms with van der Waals surface area (Å²) in [6, 6.07) is 16.7. The average molecular weight is 363 g/mol. The summed E-state index contributed by atoms with van der Waals surface area (Å²) < 4.78 is 10.7. The zero-order valence-electron chi connectivity index (χ0n) is 15.2. The second kappa shape index (κ2) is 7.61. The minimum atomic E-state index is -0.196. The molecule has 0 saturated carbocycles. The van der Waals surface area contributed by atoms with Gasteiger partial charge in [0.25, 0.3) is 5.91 Å². The van der Waals surface area contributed by atoms with Crippen molar-refractivity contribution in [2.24, 2.45) is 0 Å². The summed E-state index contributed by atoms with van der Waals surface area (Å²) >= 11 is 0. The highest BCUT2D eigenvalue weighted by molar-refractivity contribution is 5.94. The third-order valence-corrected chi connectivity index (χ3v) is 4.86. The van der Waals surface area contributed by atoms with E-state index in [1.807, 2.05) is 35.2 Å². The maximum atomic E-state index is 13.1. The number of amides is 1. The van der Waals surface area contributed by atoms with E-state index in [9.17, 15) is 4.79 Å². The minimum absolute atomic E-state index is 0.0261. The van der Waals surface area contributed by atoms with Gasteiger partial charge in [-0.25, -0.2) is 0 Å². The van der Waals surface area contributed by atoms with Gasteiger partial charge >= 0.3 is 0 Å². The molecule has 1 aliphatic heterocycles. The number of nitrogens with zero attached hydrogens (tertiary/aromatic N) is 3. The molecular weight excluding hydrogens is 342 g/mol. The van der Waals surface area contributed by atoms with Gasteiger partial charge in [-0.2, -0.15) is 4.98 Å². The molecule has 4 rings (SSSR count). The average Bonchev–Trinajstić information content (AvgIpc) is 3.24. The number of piperidine rings is 1. The summed E-state index contributed by atoms with van der Waals surface area (Å²) in [4.78, 5) is 19.5. The molecule has 2 heterocycles. The van der Waals surface area contributed by atoms with Crippen molar-refractivity contribution >= 4 is 5.91 Å². The molecule has 1 unspecified atom stereocenters. The summed E-state index contributed by atoms with van der Waals surface area (Å²) in [7, 11) is 1.61. The van der Waals surface area contributed by atoms with E-state index in [1.165, 1.54) is 0 Å². The fraction of sp³-hybridized carbons (Fsp3) is 0.286. The Labute approximate surface area is 157 Å². The van der Waals surface area contributed by atoms with E-state index in [4.69, 9.17) is 9.26 Å². The minimum Gasteiger partial charge on any atom is -0.497 e. The number of hydrogen-bond donors (Lipinski definition) is 0. The molecule has 6 heteroatoms. The van der Waals surface area contributed by atoms with Gasteiger partial charge in [-0.1, -0.05) is 35.5 Å². The molecule has 1 aromatic heterocycles. The summed E-state index contributed by atoms with van der Waals surface area (Å²) in [5.74, 6) is 1.75. The van der Waals surface area contributed by atoms with Gasteiger partial charge in [0.15, 0.2) is 0 Å². The van der Waals surface area contributed by atoms with Crippen molar-refractivity contribution in [3.63, 3.8) is 0 Å². The van der Waals surface area contributed by atoms with Crippen LogP contribution in [0.15, 0.2) is 59.1 Å². The van der Waals surface area contributed by atoms with E-state index in [-0.39, 0.29) is 11.9 Å². The van der Waals surface area contributed by atoms with Crippen molar-refractivity contribution in [3.8, 4) is 17.1 Å². The summed E-state index contributed by atoms with van der Waals surface area (Å²) in [5.41, 5.74) is 1.53. The van der Waals surface area contributed by atoms with Crippen LogP contribution in [0, 0.1) is 0 Å². The van der Waals surface area contributed by atoms with E-state index in [0.29, 0.717) is 23.8 Å². The zero-order valence-corrected chi connectivity index (χ0v) is 15.2. The van der Waals surface area contributed by atoms with Crippen molar-refractivity contribution in [2.45, 2.75) is 25.3 Å². The van der Waals surface area contributed by atoms with Crippen molar-refractivity contribution < 1.29 is 14.1 Å². The topological polar surface area (TPSA) is 68.5 Å². The molecule has 1 amide bonds. The van der Waals surface area contributed by atoms with Crippen LogP contribution in [0.1, 0.15) is 41.6 Å². The van der Waals surface area contributed by atoms with Gasteiger partial charge in [0.1, 0.15) is 11.8 Å². The first-order valence-corrected chi connectivity index (χ1v) is 9.10. The van der Waals surface area contributed by atoms with E-state index < -0.39 is 0 Å². The Morgan fingerprint density at radius 2 is 1.89 bits per heavy atom. The van der Waals surface area contributed by atoms with Crippen LogP contribution in [0.4, 0.5) is 0 Å². The largest absolute Gasteiger partial charge is 0.497 e. The van der Waals surface area contributed by atoms with E-state index in [2.05, 4.69) is 10.1 Å². The second-order valence-corrected chi connectivity index (χ2v) is 6.56. The number of benzene rings is 2. The van der Waals surface area contributed by atoms with E-state index in [1.54, 1.807) is 31.4 Å². The molecule has 1 fully saturated rings. The highest BCUT2D eigenvalue weighted by Crippen LogP contribution is 2.32. The fourth-order valence-electron chi connectivity index (χ4n) is 3.41. The maximum absolute atomic E-state index is 13.1. The van der Waals surface area contributed by atoms with Crippen LogP contribution >= 0.6 is 0 Å². The third-order valence-electron chi connectivity index (χ3n) is 4.86. The lowest BCUT2D eigenvalue weighted by molar-refractivity contribution is 0.0561. The lowest BCUT2D eigenvalue weighted by Crippen LogP contribution is -2.38. The molecule has 0 aliphatic carbocycles. The van der Waals surface area contributed by atoms with Crippen LogP contribution in [-0.2, 0) is 0 Å². The number of ether oxygens (including phenoxy) is 1. The van der Waals surface area contributed by atoms with Gasteiger partial charge < -0.3 is 14.2 Å². The van der Waals surface area contributed by atoms with Gasteiger partial charge in [-0.3, -0.25) is 4.79 Å².